The second kappa shape index (κ2) is 46.3. The summed E-state index contributed by atoms with van der Waals surface area (Å²) in [5.74, 6) is -5.44. The first-order chi connectivity index (χ1) is 40.7. The lowest BCUT2D eigenvalue weighted by Crippen LogP contribution is -2.68. The van der Waals surface area contributed by atoms with Gasteiger partial charge in [0.2, 0.25) is 11.8 Å². The third kappa shape index (κ3) is 30.9. The summed E-state index contributed by atoms with van der Waals surface area (Å²) in [4.78, 5) is 38.7. The van der Waals surface area contributed by atoms with Gasteiger partial charge in [-0.15, -0.1) is 0 Å². The molecule has 0 bridgehead atoms. The number of carboxylic acids is 1. The Labute approximate surface area is 505 Å². The highest BCUT2D eigenvalue weighted by molar-refractivity contribution is 5.77. The number of aliphatic carboxylic acids is 1. The van der Waals surface area contributed by atoms with Crippen LogP contribution in [0, 0.1) is 0 Å². The van der Waals surface area contributed by atoms with E-state index in [2.05, 4.69) is 24.5 Å². The van der Waals surface area contributed by atoms with Gasteiger partial charge in [-0.1, -0.05) is 256 Å². The van der Waals surface area contributed by atoms with E-state index >= 15 is 0 Å². The van der Waals surface area contributed by atoms with Crippen molar-refractivity contribution in [3.63, 3.8) is 0 Å². The number of aliphatic hydroxyl groups excluding tert-OH is 7. The number of hydrogen-bond donors (Lipinski definition) is 10. The van der Waals surface area contributed by atoms with Crippen LogP contribution in [0.3, 0.4) is 0 Å². The molecular weight excluding hydrogens is 1080 g/mol. The van der Waals surface area contributed by atoms with Crippen LogP contribution in [0.4, 0.5) is 0 Å². The number of carbonyl (C=O) groups excluding carboxylic acids is 2. The molecule has 84 heavy (non-hydrogen) atoms. The van der Waals surface area contributed by atoms with E-state index in [0.29, 0.717) is 12.8 Å². The van der Waals surface area contributed by atoms with Crippen LogP contribution in [0.1, 0.15) is 264 Å². The Morgan fingerprint density at radius 2 is 1.10 bits per heavy atom. The molecule has 1 aromatic carbocycles. The number of unbranched alkanes of at least 4 members (excludes halogenated alkanes) is 32. The number of aliphatic hydroxyl groups is 7. The molecule has 2 heterocycles. The van der Waals surface area contributed by atoms with E-state index in [1.54, 1.807) is 0 Å². The molecular formula is C66H118N2O16. The molecule has 2 amide bonds. The summed E-state index contributed by atoms with van der Waals surface area (Å²) in [6.45, 7) is 3.53. The average molecular weight is 1200 g/mol. The summed E-state index contributed by atoms with van der Waals surface area (Å²) >= 11 is 0. The first-order valence-electron chi connectivity index (χ1n) is 33.4. The lowest BCUT2D eigenvalue weighted by molar-refractivity contribution is -0.343. The second-order valence-corrected chi connectivity index (χ2v) is 24.4. The van der Waals surface area contributed by atoms with Gasteiger partial charge in [0.1, 0.15) is 42.7 Å². The van der Waals surface area contributed by atoms with E-state index in [1.165, 1.54) is 167 Å². The van der Waals surface area contributed by atoms with Gasteiger partial charge in [0.15, 0.2) is 6.29 Å². The summed E-state index contributed by atoms with van der Waals surface area (Å²) in [7, 11) is 0. The molecule has 2 aliphatic heterocycles. The Bertz CT molecular complexity index is 1800. The number of benzene rings is 1. The summed E-state index contributed by atoms with van der Waals surface area (Å²) in [6, 6.07) is 6.73. The van der Waals surface area contributed by atoms with Crippen LogP contribution < -0.4 is 10.6 Å². The van der Waals surface area contributed by atoms with Crippen LogP contribution in [0.5, 0.6) is 0 Å². The zero-order chi connectivity index (χ0) is 61.2. The normalized spacial score (nSPS) is 24.1. The standard InChI is InChI=1S/C66H118N2O16/c1-4-6-8-10-12-14-16-18-19-20-21-22-23-24-25-27-29-31-33-35-40-44-57(74)68-52(53(71)43-39-34-32-30-28-26-17-15-13-11-9-7-5-2)48-81-64-63(80-47-51-41-37-36-38-42-51)61(77)60(76)56(83-64)49-82-66(65(78)79)45-54(72)58(67-50(3)70)62(84-66)59(75)55(73)46-69/h36-38,41-42,52-56,58-64,69,71-73,75-77H,4-35,39-40,43-49H2,1-3H3,(H,67,70)(H,68,74)(H,78,79)/t52-,53+,54-,55+,56+,58+,59+,60-,61-,62+,63+,64-,66+/m0/s1. The molecule has 1 aromatic rings. The molecule has 2 fully saturated rings. The van der Waals surface area contributed by atoms with Crippen LogP contribution >= 0.6 is 0 Å². The Balaban J connectivity index is 1.62. The molecule has 18 heteroatoms. The number of hydrogen-bond acceptors (Lipinski definition) is 15. The van der Waals surface area contributed by atoms with Gasteiger partial charge in [-0.3, -0.25) is 9.59 Å². The van der Waals surface area contributed by atoms with Crippen molar-refractivity contribution in [2.75, 3.05) is 19.8 Å². The van der Waals surface area contributed by atoms with E-state index in [0.717, 1.165) is 57.4 Å². The van der Waals surface area contributed by atoms with Crippen LogP contribution in [0.25, 0.3) is 0 Å². The van der Waals surface area contributed by atoms with Gasteiger partial charge in [0, 0.05) is 19.8 Å². The molecule has 0 aliphatic carbocycles. The van der Waals surface area contributed by atoms with Gasteiger partial charge in [0.25, 0.3) is 5.79 Å². The van der Waals surface area contributed by atoms with Crippen LogP contribution in [0.2, 0.25) is 0 Å². The molecule has 18 nitrogen and oxygen atoms in total. The average Bonchev–Trinajstić information content (AvgIpc) is 1.49. The molecule has 2 saturated heterocycles. The minimum absolute atomic E-state index is 0.0340. The lowest BCUT2D eigenvalue weighted by Gasteiger charge is -2.47. The SMILES string of the molecule is CCCCCCCCCCCCCCCCCCCCCCCC(=O)N[C@@H](CO[C@H]1O[C@H](CO[C@]2(C(=O)O)C[C@H](O)[C@@H](NC(C)=O)[C@H]([C@H](O)[C@H](O)CO)O2)[C@H](O)[C@H](O)[C@H]1OCc1ccccc1)[C@H](O)CCCCCCCCCCCCCCC. The monoisotopic (exact) mass is 1190 g/mol. The molecule has 0 aromatic heterocycles. The van der Waals surface area contributed by atoms with Crippen molar-refractivity contribution in [2.24, 2.45) is 0 Å². The summed E-state index contributed by atoms with van der Waals surface area (Å²) in [6.07, 6.45) is 25.3. The Morgan fingerprint density at radius 1 is 0.631 bits per heavy atom. The van der Waals surface area contributed by atoms with Crippen LogP contribution in [-0.2, 0) is 44.7 Å². The largest absolute Gasteiger partial charge is 0.477 e. The van der Waals surface area contributed by atoms with Gasteiger partial charge < -0.3 is 75.2 Å². The fourth-order valence-electron chi connectivity index (χ4n) is 11.6. The summed E-state index contributed by atoms with van der Waals surface area (Å²) in [5, 5.41) is 93.0. The lowest BCUT2D eigenvalue weighted by atomic mass is 9.88. The zero-order valence-corrected chi connectivity index (χ0v) is 52.2. The number of rotatable bonds is 52. The van der Waals surface area contributed by atoms with Crippen molar-refractivity contribution < 1.29 is 78.9 Å². The zero-order valence-electron chi connectivity index (χ0n) is 52.2. The fraction of sp³-hybridized carbons (Fsp3) is 0.864. The smallest absolute Gasteiger partial charge is 0.364 e. The van der Waals surface area contributed by atoms with Gasteiger partial charge in [-0.25, -0.2) is 4.79 Å². The van der Waals surface area contributed by atoms with Crippen molar-refractivity contribution >= 4 is 17.8 Å². The van der Waals surface area contributed by atoms with E-state index < -0.39 is 111 Å². The number of amides is 2. The Morgan fingerprint density at radius 3 is 1.55 bits per heavy atom. The highest BCUT2D eigenvalue weighted by atomic mass is 16.7. The van der Waals surface area contributed by atoms with E-state index in [-0.39, 0.29) is 25.5 Å². The highest BCUT2D eigenvalue weighted by Crippen LogP contribution is 2.35. The molecule has 488 valence electrons. The molecule has 3 rings (SSSR count). The molecule has 0 saturated carbocycles. The minimum Gasteiger partial charge on any atom is -0.477 e. The first kappa shape index (κ1) is 75.4. The van der Waals surface area contributed by atoms with E-state index in [4.69, 9.17) is 23.7 Å². The predicted octanol–water partition coefficient (Wildman–Crippen LogP) is 10.1. The maximum atomic E-state index is 13.6. The minimum atomic E-state index is -2.77. The maximum Gasteiger partial charge on any atom is 0.364 e. The van der Waals surface area contributed by atoms with Gasteiger partial charge in [0.05, 0.1) is 50.7 Å². The van der Waals surface area contributed by atoms with Gasteiger partial charge >= 0.3 is 5.97 Å². The van der Waals surface area contributed by atoms with Crippen LogP contribution in [-0.4, -0.2) is 158 Å². The number of nitrogens with one attached hydrogen (secondary N) is 2. The molecule has 0 radical (unpaired) electrons. The Kier molecular flexibility index (Phi) is 41.6. The number of carbonyl (C=O) groups is 3. The predicted molar refractivity (Wildman–Crippen MR) is 326 cm³/mol. The van der Waals surface area contributed by atoms with Crippen molar-refractivity contribution in [2.45, 2.75) is 344 Å². The maximum absolute atomic E-state index is 13.6. The summed E-state index contributed by atoms with van der Waals surface area (Å²) in [5.41, 5.74) is 0.735. The Hall–Kier alpha value is -2.85. The molecule has 10 N–H and O–H groups in total. The molecule has 2 aliphatic rings. The molecule has 0 spiro atoms. The topological polar surface area (TPSA) is 283 Å². The summed E-state index contributed by atoms with van der Waals surface area (Å²) < 4.78 is 30.4. The molecule has 13 atom stereocenters. The van der Waals surface area contributed by atoms with Crippen molar-refractivity contribution in [1.82, 2.24) is 10.6 Å². The third-order valence-electron chi connectivity index (χ3n) is 17.0. The van der Waals surface area contributed by atoms with Crippen molar-refractivity contribution in [3.8, 4) is 0 Å². The van der Waals surface area contributed by atoms with E-state index in [1.807, 2.05) is 30.3 Å². The van der Waals surface area contributed by atoms with Gasteiger partial charge in [-0.05, 0) is 18.4 Å². The molecule has 0 unspecified atom stereocenters. The number of ether oxygens (including phenoxy) is 5. The van der Waals surface area contributed by atoms with Gasteiger partial charge in [-0.2, -0.15) is 0 Å². The third-order valence-corrected chi connectivity index (χ3v) is 17.0. The quantitative estimate of drug-likeness (QED) is 0.0272. The highest BCUT2D eigenvalue weighted by Gasteiger charge is 2.57. The van der Waals surface area contributed by atoms with Crippen molar-refractivity contribution in [3.05, 3.63) is 35.9 Å². The van der Waals surface area contributed by atoms with E-state index in [9.17, 15) is 55.2 Å². The first-order valence-corrected chi connectivity index (χ1v) is 33.4. The second-order valence-electron chi connectivity index (χ2n) is 24.4. The number of carboxylic acid groups (broad SMARTS) is 1. The van der Waals surface area contributed by atoms with Crippen molar-refractivity contribution in [1.29, 1.82) is 0 Å². The van der Waals surface area contributed by atoms with Crippen LogP contribution in [0.15, 0.2) is 30.3 Å². The fourth-order valence-corrected chi connectivity index (χ4v) is 11.6.